The number of hydrogen-bond acceptors (Lipinski definition) is 2. The number of ether oxygens (including phenoxy) is 1. The van der Waals surface area contributed by atoms with E-state index in [-0.39, 0.29) is 5.41 Å². The first-order chi connectivity index (χ1) is 8.60. The first kappa shape index (κ1) is 14.4. The minimum Gasteiger partial charge on any atom is -0.491 e. The van der Waals surface area contributed by atoms with E-state index in [1.54, 1.807) is 0 Å². The summed E-state index contributed by atoms with van der Waals surface area (Å²) in [4.78, 5) is 0. The number of rotatable bonds is 5. The van der Waals surface area contributed by atoms with E-state index in [0.29, 0.717) is 13.0 Å². The zero-order valence-corrected chi connectivity index (χ0v) is 14.4. The molecule has 1 fully saturated rings. The summed E-state index contributed by atoms with van der Waals surface area (Å²) in [5, 5.41) is 9.60. The van der Waals surface area contributed by atoms with Crippen LogP contribution < -0.4 is 4.74 Å². The summed E-state index contributed by atoms with van der Waals surface area (Å²) in [5.74, 6) is 0.823. The zero-order chi connectivity index (χ0) is 13.2. The van der Waals surface area contributed by atoms with Crippen LogP contribution in [0.5, 0.6) is 5.75 Å². The largest absolute Gasteiger partial charge is 0.491 e. The van der Waals surface area contributed by atoms with Crippen molar-refractivity contribution in [1.82, 2.24) is 0 Å². The van der Waals surface area contributed by atoms with Gasteiger partial charge < -0.3 is 4.74 Å². The van der Waals surface area contributed by atoms with Crippen LogP contribution in [0.1, 0.15) is 24.8 Å². The third-order valence-electron chi connectivity index (χ3n) is 3.15. The Hall–Kier alpha value is -0.0500. The molecule has 2 nitrogen and oxygen atoms in total. The van der Waals surface area contributed by atoms with E-state index < -0.39 is 0 Å². The summed E-state index contributed by atoms with van der Waals surface area (Å²) in [6.45, 7) is 0.616. The topological polar surface area (TPSA) is 33.0 Å². The fraction of sp³-hybridized carbons (Fsp3) is 0.462. The van der Waals surface area contributed by atoms with E-state index in [1.807, 2.05) is 12.1 Å². The van der Waals surface area contributed by atoms with Crippen LogP contribution in [0.25, 0.3) is 0 Å². The van der Waals surface area contributed by atoms with Gasteiger partial charge in [-0.2, -0.15) is 5.26 Å². The molecule has 1 aliphatic carbocycles. The predicted molar refractivity (Wildman–Crippen MR) is 81.9 cm³/mol. The minimum atomic E-state index is 0.0989. The van der Waals surface area contributed by atoms with Crippen LogP contribution in [0, 0.1) is 16.7 Å². The first-order valence-corrected chi connectivity index (χ1v) is 8.35. The molecule has 0 bridgehead atoms. The van der Waals surface area contributed by atoms with Crippen LogP contribution in [0.15, 0.2) is 21.1 Å². The van der Waals surface area contributed by atoms with Crippen molar-refractivity contribution in [3.05, 3.63) is 26.6 Å². The number of halogens is 3. The first-order valence-electron chi connectivity index (χ1n) is 5.64. The molecule has 0 N–H and O–H groups in total. The van der Waals surface area contributed by atoms with Gasteiger partial charge in [0.15, 0.2) is 0 Å². The van der Waals surface area contributed by atoms with Crippen molar-refractivity contribution in [2.45, 2.75) is 24.6 Å². The van der Waals surface area contributed by atoms with Crippen molar-refractivity contribution in [1.29, 1.82) is 5.26 Å². The SMILES string of the molecule is N#CCC1(COc2c(Br)cc(CBr)cc2Br)CC1. The van der Waals surface area contributed by atoms with E-state index >= 15 is 0 Å². The minimum absolute atomic E-state index is 0.0989. The van der Waals surface area contributed by atoms with Crippen molar-refractivity contribution < 1.29 is 4.74 Å². The molecule has 0 radical (unpaired) electrons. The lowest BCUT2D eigenvalue weighted by Gasteiger charge is -2.16. The Morgan fingerprint density at radius 2 is 1.89 bits per heavy atom. The second-order valence-electron chi connectivity index (χ2n) is 4.65. The Kier molecular flexibility index (Phi) is 4.74. The highest BCUT2D eigenvalue weighted by atomic mass is 79.9. The smallest absolute Gasteiger partial charge is 0.147 e. The van der Waals surface area contributed by atoms with E-state index in [9.17, 15) is 0 Å². The van der Waals surface area contributed by atoms with E-state index in [1.165, 1.54) is 5.56 Å². The van der Waals surface area contributed by atoms with Gasteiger partial charge in [-0.15, -0.1) is 0 Å². The van der Waals surface area contributed by atoms with Crippen LogP contribution in [0.2, 0.25) is 0 Å². The molecule has 0 spiro atoms. The van der Waals surface area contributed by atoms with Crippen molar-refractivity contribution in [3.63, 3.8) is 0 Å². The van der Waals surface area contributed by atoms with Gasteiger partial charge in [-0.25, -0.2) is 0 Å². The molecule has 0 amide bonds. The maximum Gasteiger partial charge on any atom is 0.147 e. The molecular formula is C13H12Br3NO. The molecule has 0 aromatic heterocycles. The molecule has 0 heterocycles. The zero-order valence-electron chi connectivity index (χ0n) is 9.68. The molecule has 1 aromatic carbocycles. The molecule has 1 saturated carbocycles. The van der Waals surface area contributed by atoms with Gasteiger partial charge in [-0.05, 0) is 62.4 Å². The summed E-state index contributed by atoms with van der Waals surface area (Å²) >= 11 is 10.5. The molecule has 0 atom stereocenters. The van der Waals surface area contributed by atoms with Gasteiger partial charge in [0.25, 0.3) is 0 Å². The third-order valence-corrected chi connectivity index (χ3v) is 4.97. The second-order valence-corrected chi connectivity index (χ2v) is 6.92. The number of alkyl halides is 1. The molecule has 18 heavy (non-hydrogen) atoms. The van der Waals surface area contributed by atoms with Gasteiger partial charge >= 0.3 is 0 Å². The fourth-order valence-electron chi connectivity index (χ4n) is 1.77. The van der Waals surface area contributed by atoms with E-state index in [4.69, 9.17) is 10.00 Å². The average Bonchev–Trinajstić information content (AvgIpc) is 3.08. The quantitative estimate of drug-likeness (QED) is 0.594. The molecule has 0 saturated heterocycles. The van der Waals surface area contributed by atoms with Gasteiger partial charge in [0.2, 0.25) is 0 Å². The van der Waals surface area contributed by atoms with Crippen molar-refractivity contribution in [2.75, 3.05) is 6.61 Å². The van der Waals surface area contributed by atoms with Crippen LogP contribution in [-0.4, -0.2) is 6.61 Å². The molecule has 1 aliphatic rings. The maximum atomic E-state index is 8.79. The fourth-order valence-corrected chi connectivity index (χ4v) is 3.60. The lowest BCUT2D eigenvalue weighted by atomic mass is 10.1. The molecule has 1 aromatic rings. The second kappa shape index (κ2) is 5.94. The lowest BCUT2D eigenvalue weighted by molar-refractivity contribution is 0.234. The predicted octanol–water partition coefficient (Wildman–Crippen LogP) is 5.18. The van der Waals surface area contributed by atoms with Crippen LogP contribution in [0.3, 0.4) is 0 Å². The lowest BCUT2D eigenvalue weighted by Crippen LogP contribution is -2.13. The Morgan fingerprint density at radius 1 is 1.28 bits per heavy atom. The highest BCUT2D eigenvalue weighted by Crippen LogP contribution is 2.49. The molecule has 0 aliphatic heterocycles. The van der Waals surface area contributed by atoms with Gasteiger partial charge in [0.05, 0.1) is 21.6 Å². The monoisotopic (exact) mass is 435 g/mol. The highest BCUT2D eigenvalue weighted by molar-refractivity contribution is 9.11. The molecule has 2 rings (SSSR count). The van der Waals surface area contributed by atoms with Gasteiger partial charge in [0, 0.05) is 17.2 Å². The van der Waals surface area contributed by atoms with Crippen LogP contribution in [-0.2, 0) is 5.33 Å². The maximum absolute atomic E-state index is 8.79. The van der Waals surface area contributed by atoms with Crippen molar-refractivity contribution in [3.8, 4) is 11.8 Å². The third kappa shape index (κ3) is 3.28. The molecule has 96 valence electrons. The standard InChI is InChI=1S/C13H12Br3NO/c14-7-9-5-10(15)12(11(16)6-9)18-8-13(1-2-13)3-4-17/h5-6H,1-3,7-8H2. The van der Waals surface area contributed by atoms with E-state index in [2.05, 4.69) is 53.9 Å². The van der Waals surface area contributed by atoms with Gasteiger partial charge in [0.1, 0.15) is 5.75 Å². The summed E-state index contributed by atoms with van der Waals surface area (Å²) in [6.07, 6.45) is 2.77. The molecule has 0 unspecified atom stereocenters. The summed E-state index contributed by atoms with van der Waals surface area (Å²) in [6, 6.07) is 6.33. The molecule has 5 heteroatoms. The summed E-state index contributed by atoms with van der Waals surface area (Å²) < 4.78 is 7.77. The van der Waals surface area contributed by atoms with Crippen molar-refractivity contribution in [2.24, 2.45) is 5.41 Å². The normalized spacial score (nSPS) is 16.1. The summed E-state index contributed by atoms with van der Waals surface area (Å²) in [7, 11) is 0. The Labute approximate surface area is 132 Å². The summed E-state index contributed by atoms with van der Waals surface area (Å²) in [5.41, 5.74) is 1.28. The Morgan fingerprint density at radius 3 is 2.33 bits per heavy atom. The average molecular weight is 438 g/mol. The van der Waals surface area contributed by atoms with Crippen LogP contribution in [0.4, 0.5) is 0 Å². The Balaban J connectivity index is 2.08. The molecular weight excluding hydrogens is 426 g/mol. The van der Waals surface area contributed by atoms with Gasteiger partial charge in [-0.1, -0.05) is 15.9 Å². The van der Waals surface area contributed by atoms with E-state index in [0.717, 1.165) is 32.9 Å². The number of hydrogen-bond donors (Lipinski definition) is 0. The number of nitriles is 1. The highest BCUT2D eigenvalue weighted by Gasteiger charge is 2.43. The van der Waals surface area contributed by atoms with Crippen LogP contribution >= 0.6 is 47.8 Å². The van der Waals surface area contributed by atoms with Crippen molar-refractivity contribution >= 4 is 47.8 Å². The van der Waals surface area contributed by atoms with Gasteiger partial charge in [-0.3, -0.25) is 0 Å². The Bertz CT molecular complexity index is 468. The number of benzene rings is 1. The number of nitrogens with zero attached hydrogens (tertiary/aromatic N) is 1.